The predicted molar refractivity (Wildman–Crippen MR) is 112 cm³/mol. The molecule has 0 saturated heterocycles. The molecule has 0 bridgehead atoms. The van der Waals surface area contributed by atoms with Crippen molar-refractivity contribution in [2.24, 2.45) is 5.73 Å². The van der Waals surface area contributed by atoms with Gasteiger partial charge >= 0.3 is 0 Å². The van der Waals surface area contributed by atoms with E-state index in [9.17, 15) is 9.59 Å². The molecule has 2 aromatic rings. The van der Waals surface area contributed by atoms with E-state index in [1.165, 1.54) is 0 Å². The molecule has 29 heavy (non-hydrogen) atoms. The van der Waals surface area contributed by atoms with Crippen LogP contribution >= 0.6 is 0 Å². The monoisotopic (exact) mass is 397 g/mol. The first-order valence-electron chi connectivity index (χ1n) is 9.76. The van der Waals surface area contributed by atoms with Crippen molar-refractivity contribution in [2.45, 2.75) is 37.6 Å². The summed E-state index contributed by atoms with van der Waals surface area (Å²) in [6.07, 6.45) is 4.42. The maximum atomic E-state index is 12.6. The topological polar surface area (TPSA) is 103 Å². The van der Waals surface area contributed by atoms with Crippen molar-refractivity contribution in [3.05, 3.63) is 48.5 Å². The van der Waals surface area contributed by atoms with Crippen LogP contribution < -0.4 is 25.8 Å². The Bertz CT molecular complexity index is 863. The van der Waals surface area contributed by atoms with Crippen LogP contribution in [0.5, 0.6) is 11.5 Å². The average Bonchev–Trinajstić information content (AvgIpc) is 2.73. The van der Waals surface area contributed by atoms with E-state index in [0.29, 0.717) is 35.7 Å². The van der Waals surface area contributed by atoms with Gasteiger partial charge in [-0.3, -0.25) is 9.59 Å². The maximum Gasteiger partial charge on any atom is 0.262 e. The number of anilines is 2. The highest BCUT2D eigenvalue weighted by molar-refractivity contribution is 5.99. The molecule has 0 unspecified atom stereocenters. The van der Waals surface area contributed by atoms with Crippen molar-refractivity contribution >= 4 is 23.2 Å². The Kier molecular flexibility index (Phi) is 6.72. The summed E-state index contributed by atoms with van der Waals surface area (Å²) in [5.74, 6) is 0.553. The molecule has 0 aliphatic heterocycles. The number of rotatable bonds is 7. The molecule has 0 spiro atoms. The van der Waals surface area contributed by atoms with E-state index in [1.54, 1.807) is 49.6 Å². The second-order valence-electron chi connectivity index (χ2n) is 7.24. The number of amides is 2. The number of methoxy groups -OCH3 is 1. The first kappa shape index (κ1) is 20.7. The summed E-state index contributed by atoms with van der Waals surface area (Å²) in [7, 11) is 1.54. The zero-order valence-electron chi connectivity index (χ0n) is 16.6. The highest BCUT2D eigenvalue weighted by atomic mass is 16.5. The number of para-hydroxylation sites is 2. The Hall–Kier alpha value is -3.06. The van der Waals surface area contributed by atoms with Gasteiger partial charge in [0.25, 0.3) is 5.91 Å². The van der Waals surface area contributed by atoms with E-state index in [4.69, 9.17) is 15.2 Å². The summed E-state index contributed by atoms with van der Waals surface area (Å²) in [4.78, 5) is 24.8. The van der Waals surface area contributed by atoms with Crippen molar-refractivity contribution in [1.82, 2.24) is 0 Å². The van der Waals surface area contributed by atoms with Gasteiger partial charge in [0, 0.05) is 11.4 Å². The molecule has 2 amide bonds. The fraction of sp³-hybridized carbons (Fsp3) is 0.364. The zero-order valence-corrected chi connectivity index (χ0v) is 16.6. The van der Waals surface area contributed by atoms with Gasteiger partial charge < -0.3 is 25.8 Å². The van der Waals surface area contributed by atoms with Crippen LogP contribution in [0.1, 0.15) is 32.1 Å². The van der Waals surface area contributed by atoms with Crippen LogP contribution in [0.4, 0.5) is 11.4 Å². The SMILES string of the molecule is COc1ccccc1OCC(=O)Nc1cccc(NC(=O)C2(N)CCCCC2)c1. The van der Waals surface area contributed by atoms with Crippen LogP contribution in [0.2, 0.25) is 0 Å². The van der Waals surface area contributed by atoms with Gasteiger partial charge in [-0.2, -0.15) is 0 Å². The van der Waals surface area contributed by atoms with Gasteiger partial charge in [0.05, 0.1) is 12.6 Å². The molecule has 154 valence electrons. The van der Waals surface area contributed by atoms with Crippen molar-refractivity contribution in [3.63, 3.8) is 0 Å². The highest BCUT2D eigenvalue weighted by Gasteiger charge is 2.35. The first-order valence-corrected chi connectivity index (χ1v) is 9.76. The lowest BCUT2D eigenvalue weighted by Gasteiger charge is -2.31. The Morgan fingerprint density at radius 2 is 1.62 bits per heavy atom. The van der Waals surface area contributed by atoms with E-state index in [1.807, 2.05) is 6.07 Å². The molecule has 0 atom stereocenters. The molecule has 4 N–H and O–H groups in total. The van der Waals surface area contributed by atoms with Gasteiger partial charge in [0.1, 0.15) is 0 Å². The van der Waals surface area contributed by atoms with E-state index < -0.39 is 5.54 Å². The summed E-state index contributed by atoms with van der Waals surface area (Å²) in [6.45, 7) is -0.164. The second kappa shape index (κ2) is 9.43. The van der Waals surface area contributed by atoms with E-state index in [-0.39, 0.29) is 18.4 Å². The van der Waals surface area contributed by atoms with Crippen LogP contribution in [0.25, 0.3) is 0 Å². The van der Waals surface area contributed by atoms with E-state index in [2.05, 4.69) is 10.6 Å². The molecule has 1 saturated carbocycles. The predicted octanol–water partition coefficient (Wildman–Crippen LogP) is 3.31. The summed E-state index contributed by atoms with van der Waals surface area (Å²) in [6, 6.07) is 14.1. The third kappa shape index (κ3) is 5.48. The zero-order chi connectivity index (χ0) is 20.7. The largest absolute Gasteiger partial charge is 0.493 e. The van der Waals surface area contributed by atoms with Crippen LogP contribution in [-0.2, 0) is 9.59 Å². The number of nitrogens with one attached hydrogen (secondary N) is 2. The van der Waals surface area contributed by atoms with E-state index in [0.717, 1.165) is 19.3 Å². The van der Waals surface area contributed by atoms with Gasteiger partial charge in [-0.1, -0.05) is 37.5 Å². The van der Waals surface area contributed by atoms with Gasteiger partial charge in [-0.05, 0) is 43.2 Å². The number of carbonyl (C=O) groups excluding carboxylic acids is 2. The van der Waals surface area contributed by atoms with Crippen molar-refractivity contribution in [1.29, 1.82) is 0 Å². The quantitative estimate of drug-likeness (QED) is 0.665. The first-order chi connectivity index (χ1) is 14.0. The van der Waals surface area contributed by atoms with Crippen LogP contribution in [0.15, 0.2) is 48.5 Å². The molecular weight excluding hydrogens is 370 g/mol. The normalized spacial score (nSPS) is 15.2. The number of hydrogen-bond acceptors (Lipinski definition) is 5. The minimum absolute atomic E-state index is 0.164. The molecule has 2 aromatic carbocycles. The molecule has 1 fully saturated rings. The number of carbonyl (C=O) groups is 2. The molecule has 0 heterocycles. The molecular formula is C22H27N3O4. The van der Waals surface area contributed by atoms with Crippen molar-refractivity contribution in [2.75, 3.05) is 24.4 Å². The Morgan fingerprint density at radius 1 is 0.966 bits per heavy atom. The molecule has 7 heteroatoms. The summed E-state index contributed by atoms with van der Waals surface area (Å²) >= 11 is 0. The maximum absolute atomic E-state index is 12.6. The second-order valence-corrected chi connectivity index (χ2v) is 7.24. The number of ether oxygens (including phenoxy) is 2. The average molecular weight is 397 g/mol. The number of benzene rings is 2. The van der Waals surface area contributed by atoms with Crippen LogP contribution in [-0.4, -0.2) is 31.1 Å². The van der Waals surface area contributed by atoms with Gasteiger partial charge in [-0.25, -0.2) is 0 Å². The van der Waals surface area contributed by atoms with Crippen LogP contribution in [0.3, 0.4) is 0 Å². The Labute approximate surface area is 170 Å². The summed E-state index contributed by atoms with van der Waals surface area (Å²) < 4.78 is 10.7. The Balaban J connectivity index is 1.56. The van der Waals surface area contributed by atoms with Gasteiger partial charge in [0.2, 0.25) is 5.91 Å². The smallest absolute Gasteiger partial charge is 0.262 e. The minimum Gasteiger partial charge on any atom is -0.493 e. The third-order valence-corrected chi connectivity index (χ3v) is 5.03. The number of hydrogen-bond donors (Lipinski definition) is 3. The third-order valence-electron chi connectivity index (χ3n) is 5.03. The van der Waals surface area contributed by atoms with Gasteiger partial charge in [-0.15, -0.1) is 0 Å². The number of nitrogens with two attached hydrogens (primary N) is 1. The summed E-state index contributed by atoms with van der Waals surface area (Å²) in [5.41, 5.74) is 6.61. The molecule has 1 aliphatic rings. The van der Waals surface area contributed by atoms with Crippen LogP contribution in [0, 0.1) is 0 Å². The lowest BCUT2D eigenvalue weighted by Crippen LogP contribution is -2.52. The minimum atomic E-state index is -0.819. The van der Waals surface area contributed by atoms with Crippen molar-refractivity contribution in [3.8, 4) is 11.5 Å². The fourth-order valence-electron chi connectivity index (χ4n) is 3.42. The lowest BCUT2D eigenvalue weighted by molar-refractivity contribution is -0.122. The summed E-state index contributed by atoms with van der Waals surface area (Å²) in [5, 5.41) is 5.64. The lowest BCUT2D eigenvalue weighted by atomic mass is 9.82. The van der Waals surface area contributed by atoms with E-state index >= 15 is 0 Å². The molecule has 0 aromatic heterocycles. The van der Waals surface area contributed by atoms with Gasteiger partial charge in [0.15, 0.2) is 18.1 Å². The molecule has 0 radical (unpaired) electrons. The van der Waals surface area contributed by atoms with Crippen molar-refractivity contribution < 1.29 is 19.1 Å². The standard InChI is InChI=1S/C22H27N3O4/c1-28-18-10-3-4-11-19(18)29-15-20(26)24-16-8-7-9-17(14-16)25-21(27)22(23)12-5-2-6-13-22/h3-4,7-11,14H,2,5-6,12-13,15,23H2,1H3,(H,24,26)(H,25,27). The molecule has 1 aliphatic carbocycles. The highest BCUT2D eigenvalue weighted by Crippen LogP contribution is 2.28. The molecule has 7 nitrogen and oxygen atoms in total. The molecule has 3 rings (SSSR count). The fourth-order valence-corrected chi connectivity index (χ4v) is 3.42. The Morgan fingerprint density at radius 3 is 2.31 bits per heavy atom.